The lowest BCUT2D eigenvalue weighted by atomic mass is 10.2. The molecule has 0 aromatic heterocycles. The summed E-state index contributed by atoms with van der Waals surface area (Å²) in [7, 11) is 0. The Morgan fingerprint density at radius 2 is 2.00 bits per heavy atom. The molecule has 2 aromatic rings. The molecule has 26 heavy (non-hydrogen) atoms. The first-order chi connectivity index (χ1) is 12.1. The van der Waals surface area contributed by atoms with E-state index in [1.165, 1.54) is 12.1 Å². The predicted molar refractivity (Wildman–Crippen MR) is 100 cm³/mol. The van der Waals surface area contributed by atoms with Gasteiger partial charge in [-0.3, -0.25) is 4.79 Å². The molecule has 1 aliphatic heterocycles. The number of amides is 1. The second-order valence-electron chi connectivity index (χ2n) is 5.99. The smallest absolute Gasteiger partial charge is 0.253 e. The molecule has 0 radical (unpaired) electrons. The molecule has 0 spiro atoms. The van der Waals surface area contributed by atoms with Crippen molar-refractivity contribution in [2.24, 2.45) is 5.73 Å². The molecule has 140 valence electrons. The lowest BCUT2D eigenvalue weighted by Gasteiger charge is -2.13. The van der Waals surface area contributed by atoms with Crippen LogP contribution in [-0.4, -0.2) is 24.7 Å². The quantitative estimate of drug-likeness (QED) is 0.806. The maximum absolute atomic E-state index is 12.9. The Labute approximate surface area is 158 Å². The Bertz CT molecular complexity index is 727. The van der Waals surface area contributed by atoms with Gasteiger partial charge >= 0.3 is 0 Å². The van der Waals surface area contributed by atoms with Crippen LogP contribution in [0.25, 0.3) is 0 Å². The summed E-state index contributed by atoms with van der Waals surface area (Å²) in [6, 6.07) is 13.3. The van der Waals surface area contributed by atoms with Crippen LogP contribution in [0.3, 0.4) is 0 Å². The lowest BCUT2D eigenvalue weighted by Crippen LogP contribution is -2.29. The third kappa shape index (κ3) is 5.42. The van der Waals surface area contributed by atoms with Gasteiger partial charge < -0.3 is 20.5 Å². The van der Waals surface area contributed by atoms with E-state index in [1.807, 2.05) is 0 Å². The molecule has 2 aromatic carbocycles. The highest BCUT2D eigenvalue weighted by Gasteiger charge is 2.29. The van der Waals surface area contributed by atoms with Gasteiger partial charge in [-0.15, -0.1) is 12.4 Å². The van der Waals surface area contributed by atoms with Gasteiger partial charge in [0.2, 0.25) is 0 Å². The zero-order valence-electron chi connectivity index (χ0n) is 14.2. The van der Waals surface area contributed by atoms with E-state index in [4.69, 9.17) is 15.2 Å². The second-order valence-corrected chi connectivity index (χ2v) is 5.99. The zero-order valence-corrected chi connectivity index (χ0v) is 15.0. The Morgan fingerprint density at radius 3 is 2.69 bits per heavy atom. The van der Waals surface area contributed by atoms with E-state index in [0.29, 0.717) is 31.0 Å². The lowest BCUT2D eigenvalue weighted by molar-refractivity contribution is -0.126. The van der Waals surface area contributed by atoms with Crippen LogP contribution in [0.5, 0.6) is 5.75 Å². The van der Waals surface area contributed by atoms with Crippen molar-refractivity contribution in [2.45, 2.75) is 31.7 Å². The first-order valence-corrected chi connectivity index (χ1v) is 8.28. The van der Waals surface area contributed by atoms with E-state index in [2.05, 4.69) is 5.32 Å². The summed E-state index contributed by atoms with van der Waals surface area (Å²) in [5, 5.41) is 2.84. The van der Waals surface area contributed by atoms with Crippen LogP contribution in [0.2, 0.25) is 0 Å². The summed E-state index contributed by atoms with van der Waals surface area (Å²) < 4.78 is 24.2. The monoisotopic (exact) mass is 380 g/mol. The van der Waals surface area contributed by atoms with Crippen molar-refractivity contribution in [3.63, 3.8) is 0 Å². The summed E-state index contributed by atoms with van der Waals surface area (Å²) in [5.74, 6) is 0.167. The van der Waals surface area contributed by atoms with E-state index in [1.54, 1.807) is 36.4 Å². The van der Waals surface area contributed by atoms with Crippen LogP contribution in [0.15, 0.2) is 48.5 Å². The molecule has 1 fully saturated rings. The molecular weight excluding hydrogens is 359 g/mol. The summed E-state index contributed by atoms with van der Waals surface area (Å²) in [4.78, 5) is 12.2. The summed E-state index contributed by atoms with van der Waals surface area (Å²) >= 11 is 0. The van der Waals surface area contributed by atoms with E-state index < -0.39 is 6.10 Å². The summed E-state index contributed by atoms with van der Waals surface area (Å²) in [6.07, 6.45) is 0.975. The topological polar surface area (TPSA) is 73.6 Å². The SMILES string of the molecule is Cl.NC[C@H]1CC[C@@H](C(=O)Nc2cccc(OCc3ccc(F)cc3)c2)O1. The maximum Gasteiger partial charge on any atom is 0.253 e. The summed E-state index contributed by atoms with van der Waals surface area (Å²) in [6.45, 7) is 0.748. The third-order valence-corrected chi connectivity index (χ3v) is 4.08. The van der Waals surface area contributed by atoms with Crippen molar-refractivity contribution in [3.8, 4) is 5.75 Å². The molecule has 0 unspecified atom stereocenters. The van der Waals surface area contributed by atoms with Crippen LogP contribution in [0.4, 0.5) is 10.1 Å². The third-order valence-electron chi connectivity index (χ3n) is 4.08. The Morgan fingerprint density at radius 1 is 1.23 bits per heavy atom. The van der Waals surface area contributed by atoms with Gasteiger partial charge in [-0.2, -0.15) is 0 Å². The second kappa shape index (κ2) is 9.52. The molecule has 2 atom stereocenters. The number of nitrogens with one attached hydrogen (secondary N) is 1. The number of carbonyl (C=O) groups is 1. The number of nitrogens with two attached hydrogens (primary N) is 1. The maximum atomic E-state index is 12.9. The van der Waals surface area contributed by atoms with Crippen molar-refractivity contribution in [1.82, 2.24) is 0 Å². The number of benzene rings is 2. The van der Waals surface area contributed by atoms with Crippen LogP contribution >= 0.6 is 12.4 Å². The van der Waals surface area contributed by atoms with E-state index in [9.17, 15) is 9.18 Å². The Hall–Kier alpha value is -2.15. The average Bonchev–Trinajstić information content (AvgIpc) is 3.11. The fraction of sp³-hybridized carbons (Fsp3) is 0.316. The molecular formula is C19H22ClFN2O3. The zero-order chi connectivity index (χ0) is 17.6. The first-order valence-electron chi connectivity index (χ1n) is 8.28. The van der Waals surface area contributed by atoms with Crippen molar-refractivity contribution < 1.29 is 18.7 Å². The van der Waals surface area contributed by atoms with Gasteiger partial charge in [0.25, 0.3) is 5.91 Å². The van der Waals surface area contributed by atoms with E-state index in [0.717, 1.165) is 12.0 Å². The molecule has 0 bridgehead atoms. The van der Waals surface area contributed by atoms with Gasteiger partial charge in [-0.25, -0.2) is 4.39 Å². The molecule has 7 heteroatoms. The molecule has 1 saturated heterocycles. The Balaban J connectivity index is 0.00000243. The number of halogens is 2. The molecule has 1 amide bonds. The molecule has 3 N–H and O–H groups in total. The summed E-state index contributed by atoms with van der Waals surface area (Å²) in [5.41, 5.74) is 7.07. The molecule has 1 heterocycles. The normalized spacial score (nSPS) is 18.8. The molecule has 5 nitrogen and oxygen atoms in total. The number of hydrogen-bond donors (Lipinski definition) is 2. The van der Waals surface area contributed by atoms with Crippen molar-refractivity contribution in [2.75, 3.05) is 11.9 Å². The highest BCUT2D eigenvalue weighted by atomic mass is 35.5. The predicted octanol–water partition coefficient (Wildman–Crippen LogP) is 3.27. The minimum atomic E-state index is -0.461. The van der Waals surface area contributed by atoms with E-state index in [-0.39, 0.29) is 30.2 Å². The van der Waals surface area contributed by atoms with Crippen LogP contribution in [0, 0.1) is 5.82 Å². The van der Waals surface area contributed by atoms with Gasteiger partial charge in [-0.05, 0) is 42.7 Å². The fourth-order valence-corrected chi connectivity index (χ4v) is 2.71. The van der Waals surface area contributed by atoms with Gasteiger partial charge in [0, 0.05) is 18.3 Å². The van der Waals surface area contributed by atoms with Crippen molar-refractivity contribution in [3.05, 3.63) is 59.9 Å². The van der Waals surface area contributed by atoms with Crippen LogP contribution in [0.1, 0.15) is 18.4 Å². The van der Waals surface area contributed by atoms with Crippen LogP contribution < -0.4 is 15.8 Å². The first kappa shape index (κ1) is 20.2. The van der Waals surface area contributed by atoms with Gasteiger partial charge in [-0.1, -0.05) is 18.2 Å². The Kier molecular flexibility index (Phi) is 7.38. The van der Waals surface area contributed by atoms with Gasteiger partial charge in [0.1, 0.15) is 24.3 Å². The van der Waals surface area contributed by atoms with Gasteiger partial charge in [0.15, 0.2) is 0 Å². The van der Waals surface area contributed by atoms with Crippen molar-refractivity contribution in [1.29, 1.82) is 0 Å². The van der Waals surface area contributed by atoms with Gasteiger partial charge in [0.05, 0.1) is 6.10 Å². The average molecular weight is 381 g/mol. The highest BCUT2D eigenvalue weighted by molar-refractivity contribution is 5.94. The minimum absolute atomic E-state index is 0. The molecule has 1 aliphatic rings. The largest absolute Gasteiger partial charge is 0.489 e. The number of rotatable bonds is 6. The molecule has 0 saturated carbocycles. The van der Waals surface area contributed by atoms with E-state index >= 15 is 0 Å². The number of carbonyl (C=O) groups excluding carboxylic acids is 1. The van der Waals surface area contributed by atoms with Crippen LogP contribution in [-0.2, 0) is 16.1 Å². The van der Waals surface area contributed by atoms with Crippen molar-refractivity contribution >= 4 is 24.0 Å². The number of hydrogen-bond acceptors (Lipinski definition) is 4. The highest BCUT2D eigenvalue weighted by Crippen LogP contribution is 2.22. The molecule has 3 rings (SSSR count). The minimum Gasteiger partial charge on any atom is -0.489 e. The fourth-order valence-electron chi connectivity index (χ4n) is 2.71. The molecule has 0 aliphatic carbocycles. The number of ether oxygens (including phenoxy) is 2. The standard InChI is InChI=1S/C19H21FN2O3.ClH/c20-14-6-4-13(5-7-14)12-24-16-3-1-2-15(10-16)22-19(23)18-9-8-17(11-21)25-18;/h1-7,10,17-18H,8-9,11-12,21H2,(H,22,23);1H/t17-,18+;/m1./s1. The number of anilines is 1.